The highest BCUT2D eigenvalue weighted by Gasteiger charge is 2.34. The number of fused-ring (bicyclic) bond motifs is 1. The molecule has 150 valence electrons. The summed E-state index contributed by atoms with van der Waals surface area (Å²) in [6.45, 7) is 2.08. The summed E-state index contributed by atoms with van der Waals surface area (Å²) in [6.07, 6.45) is -2.54. The van der Waals surface area contributed by atoms with Crippen LogP contribution < -0.4 is 15.0 Å². The first-order valence-corrected chi connectivity index (χ1v) is 8.97. The highest BCUT2D eigenvalue weighted by Crippen LogP contribution is 2.38. The van der Waals surface area contributed by atoms with Crippen molar-refractivity contribution in [2.45, 2.75) is 24.6 Å². The number of nitrogens with one attached hydrogen (secondary N) is 1. The Labute approximate surface area is 159 Å². The molecule has 1 fully saturated rings. The SMILES string of the molecule is OC1(CN2CNc3ccc(Oc4ccc(C(F)(F)F)cn4)cc32)CCOCC1. The fraction of sp³-hybridized carbons (Fsp3) is 0.421. The fourth-order valence-corrected chi connectivity index (χ4v) is 3.39. The number of pyridine rings is 1. The van der Waals surface area contributed by atoms with E-state index < -0.39 is 17.3 Å². The van der Waals surface area contributed by atoms with E-state index in [1.807, 2.05) is 11.0 Å². The summed E-state index contributed by atoms with van der Waals surface area (Å²) < 4.78 is 48.9. The molecule has 4 rings (SSSR count). The second-order valence-electron chi connectivity index (χ2n) is 7.03. The smallest absolute Gasteiger partial charge is 0.417 e. The summed E-state index contributed by atoms with van der Waals surface area (Å²) in [7, 11) is 0. The lowest BCUT2D eigenvalue weighted by atomic mass is 9.94. The van der Waals surface area contributed by atoms with Gasteiger partial charge >= 0.3 is 6.18 Å². The summed E-state index contributed by atoms with van der Waals surface area (Å²) in [5.74, 6) is 0.534. The van der Waals surface area contributed by atoms with E-state index >= 15 is 0 Å². The standard InChI is InChI=1S/C19H20F3N3O3/c20-19(21,22)13-1-4-17(23-10-13)28-14-2-3-15-16(9-14)25(12-24-15)11-18(26)5-7-27-8-6-18/h1-4,9-10,24,26H,5-8,11-12H2. The van der Waals surface area contributed by atoms with Gasteiger partial charge < -0.3 is 24.8 Å². The molecule has 2 aliphatic rings. The van der Waals surface area contributed by atoms with Crippen LogP contribution in [0.2, 0.25) is 0 Å². The molecule has 9 heteroatoms. The zero-order valence-corrected chi connectivity index (χ0v) is 15.0. The summed E-state index contributed by atoms with van der Waals surface area (Å²) in [5, 5.41) is 14.0. The van der Waals surface area contributed by atoms with Crippen LogP contribution in [-0.2, 0) is 10.9 Å². The fourth-order valence-electron chi connectivity index (χ4n) is 3.39. The lowest BCUT2D eigenvalue weighted by Gasteiger charge is -2.36. The van der Waals surface area contributed by atoms with Gasteiger partial charge in [-0.25, -0.2) is 4.98 Å². The van der Waals surface area contributed by atoms with E-state index in [4.69, 9.17) is 9.47 Å². The van der Waals surface area contributed by atoms with Crippen LogP contribution in [0.3, 0.4) is 0 Å². The molecule has 0 radical (unpaired) electrons. The molecule has 0 atom stereocenters. The maximum Gasteiger partial charge on any atom is 0.417 e. The quantitative estimate of drug-likeness (QED) is 0.824. The summed E-state index contributed by atoms with van der Waals surface area (Å²) in [6, 6.07) is 7.47. The van der Waals surface area contributed by atoms with Crippen molar-refractivity contribution in [2.24, 2.45) is 0 Å². The van der Waals surface area contributed by atoms with Crippen molar-refractivity contribution in [1.29, 1.82) is 0 Å². The van der Waals surface area contributed by atoms with Gasteiger partial charge in [0.2, 0.25) is 5.88 Å². The van der Waals surface area contributed by atoms with E-state index in [1.165, 1.54) is 6.07 Å². The lowest BCUT2D eigenvalue weighted by molar-refractivity contribution is -0.137. The highest BCUT2D eigenvalue weighted by atomic mass is 19.4. The maximum atomic E-state index is 12.6. The largest absolute Gasteiger partial charge is 0.439 e. The van der Waals surface area contributed by atoms with Gasteiger partial charge in [-0.1, -0.05) is 0 Å². The van der Waals surface area contributed by atoms with Crippen LogP contribution in [0.25, 0.3) is 0 Å². The van der Waals surface area contributed by atoms with Crippen molar-refractivity contribution in [2.75, 3.05) is 36.6 Å². The van der Waals surface area contributed by atoms with E-state index in [1.54, 1.807) is 12.1 Å². The Balaban J connectivity index is 1.49. The zero-order chi connectivity index (χ0) is 19.8. The Bertz CT molecular complexity index is 837. The molecule has 2 aliphatic heterocycles. The third kappa shape index (κ3) is 4.00. The van der Waals surface area contributed by atoms with Crippen LogP contribution in [0, 0.1) is 0 Å². The molecule has 1 aromatic carbocycles. The average Bonchev–Trinajstić information content (AvgIpc) is 3.04. The van der Waals surface area contributed by atoms with Crippen molar-refractivity contribution < 1.29 is 27.8 Å². The van der Waals surface area contributed by atoms with Gasteiger partial charge in [0.05, 0.1) is 29.2 Å². The van der Waals surface area contributed by atoms with Gasteiger partial charge in [0.15, 0.2) is 0 Å². The van der Waals surface area contributed by atoms with Gasteiger partial charge in [0.1, 0.15) is 5.75 Å². The summed E-state index contributed by atoms with van der Waals surface area (Å²) in [4.78, 5) is 5.75. The number of halogens is 3. The van der Waals surface area contributed by atoms with Crippen LogP contribution in [-0.4, -0.2) is 42.1 Å². The zero-order valence-electron chi connectivity index (χ0n) is 15.0. The van der Waals surface area contributed by atoms with Crippen molar-refractivity contribution in [3.63, 3.8) is 0 Å². The molecular weight excluding hydrogens is 375 g/mol. The number of rotatable bonds is 4. The van der Waals surface area contributed by atoms with Crippen LogP contribution in [0.1, 0.15) is 18.4 Å². The maximum absolute atomic E-state index is 12.6. The molecule has 1 aromatic heterocycles. The topological polar surface area (TPSA) is 66.9 Å². The van der Waals surface area contributed by atoms with Gasteiger partial charge in [0, 0.05) is 50.9 Å². The summed E-state index contributed by atoms with van der Waals surface area (Å²) >= 11 is 0. The van der Waals surface area contributed by atoms with E-state index in [2.05, 4.69) is 10.3 Å². The third-order valence-corrected chi connectivity index (χ3v) is 4.97. The second-order valence-corrected chi connectivity index (χ2v) is 7.03. The Morgan fingerprint density at radius 2 is 2.00 bits per heavy atom. The number of benzene rings is 1. The third-order valence-electron chi connectivity index (χ3n) is 4.97. The van der Waals surface area contributed by atoms with Crippen molar-refractivity contribution in [3.8, 4) is 11.6 Å². The monoisotopic (exact) mass is 395 g/mol. The number of aliphatic hydroxyl groups is 1. The number of aromatic nitrogens is 1. The second kappa shape index (κ2) is 7.14. The lowest BCUT2D eigenvalue weighted by Crippen LogP contribution is -2.46. The first-order chi connectivity index (χ1) is 13.3. The van der Waals surface area contributed by atoms with Crippen molar-refractivity contribution >= 4 is 11.4 Å². The van der Waals surface area contributed by atoms with E-state index in [-0.39, 0.29) is 5.88 Å². The molecule has 0 saturated carbocycles. The number of nitrogens with zero attached hydrogens (tertiary/aromatic N) is 2. The first kappa shape index (κ1) is 18.8. The van der Waals surface area contributed by atoms with Crippen LogP contribution in [0.4, 0.5) is 24.5 Å². The van der Waals surface area contributed by atoms with Crippen LogP contribution in [0.5, 0.6) is 11.6 Å². The molecule has 28 heavy (non-hydrogen) atoms. The van der Waals surface area contributed by atoms with Crippen LogP contribution in [0.15, 0.2) is 36.5 Å². The number of hydrogen-bond donors (Lipinski definition) is 2. The molecule has 6 nitrogen and oxygen atoms in total. The Morgan fingerprint density at radius 3 is 2.68 bits per heavy atom. The van der Waals surface area contributed by atoms with Crippen molar-refractivity contribution in [1.82, 2.24) is 4.98 Å². The molecule has 2 N–H and O–H groups in total. The van der Waals surface area contributed by atoms with E-state index in [0.717, 1.165) is 23.6 Å². The minimum absolute atomic E-state index is 0.0773. The molecule has 0 spiro atoms. The van der Waals surface area contributed by atoms with Gasteiger partial charge in [-0.3, -0.25) is 0 Å². The van der Waals surface area contributed by atoms with Crippen molar-refractivity contribution in [3.05, 3.63) is 42.1 Å². The van der Waals surface area contributed by atoms with E-state index in [0.29, 0.717) is 45.0 Å². The molecule has 3 heterocycles. The molecule has 0 amide bonds. The molecular formula is C19H20F3N3O3. The summed E-state index contributed by atoms with van der Waals surface area (Å²) in [5.41, 5.74) is 0.134. The van der Waals surface area contributed by atoms with Gasteiger partial charge in [0.25, 0.3) is 0 Å². The molecule has 0 aliphatic carbocycles. The number of alkyl halides is 3. The molecule has 1 saturated heterocycles. The number of hydrogen-bond acceptors (Lipinski definition) is 6. The Hall–Kier alpha value is -2.52. The average molecular weight is 395 g/mol. The molecule has 0 unspecified atom stereocenters. The minimum Gasteiger partial charge on any atom is -0.439 e. The number of β-amino-alcohol motifs (C(OH)–C–C–N with tert-alkyl or cyclic N) is 1. The molecule has 2 aromatic rings. The number of anilines is 2. The minimum atomic E-state index is -4.43. The Kier molecular flexibility index (Phi) is 4.80. The van der Waals surface area contributed by atoms with Gasteiger partial charge in [-0.15, -0.1) is 0 Å². The predicted molar refractivity (Wildman–Crippen MR) is 96.6 cm³/mol. The highest BCUT2D eigenvalue weighted by molar-refractivity contribution is 5.76. The van der Waals surface area contributed by atoms with E-state index in [9.17, 15) is 18.3 Å². The number of ether oxygens (including phenoxy) is 2. The first-order valence-electron chi connectivity index (χ1n) is 8.97. The van der Waals surface area contributed by atoms with Crippen LogP contribution >= 0.6 is 0 Å². The molecule has 0 bridgehead atoms. The normalized spacial score (nSPS) is 18.5. The Morgan fingerprint density at radius 1 is 1.21 bits per heavy atom. The predicted octanol–water partition coefficient (Wildman–Crippen LogP) is 3.62. The van der Waals surface area contributed by atoms with Gasteiger partial charge in [-0.2, -0.15) is 13.2 Å². The van der Waals surface area contributed by atoms with Gasteiger partial charge in [-0.05, 0) is 18.2 Å².